The molecule has 0 unspecified atom stereocenters. The molecule has 2 aromatic carbocycles. The number of rotatable bonds is 0. The minimum atomic E-state index is 0. The molecule has 2 saturated heterocycles. The van der Waals surface area contributed by atoms with Gasteiger partial charge in [0.15, 0.2) is 6.10 Å². The van der Waals surface area contributed by atoms with E-state index in [0.29, 0.717) is 6.10 Å². The van der Waals surface area contributed by atoms with E-state index in [1.807, 2.05) is 48.5 Å². The van der Waals surface area contributed by atoms with Crippen molar-refractivity contribution in [3.63, 3.8) is 0 Å². The normalized spacial score (nSPS) is 22.3. The predicted octanol–water partition coefficient (Wildman–Crippen LogP) is 10.5. The van der Waals surface area contributed by atoms with E-state index in [4.69, 9.17) is 9.47 Å². The molecule has 1 N–H and O–H groups in total. The second kappa shape index (κ2) is 20.2. The van der Waals surface area contributed by atoms with Gasteiger partial charge >= 0.3 is 0 Å². The van der Waals surface area contributed by atoms with Gasteiger partial charge in [-0.3, -0.25) is 0 Å². The van der Waals surface area contributed by atoms with Gasteiger partial charge in [-0.15, -0.1) is 0 Å². The van der Waals surface area contributed by atoms with Crippen LogP contribution in [0.2, 0.25) is 0 Å². The molecule has 4 fully saturated rings. The zero-order chi connectivity index (χ0) is 32.4. The Kier molecular flexibility index (Phi) is 18.4. The molecule has 2 aliphatic heterocycles. The summed E-state index contributed by atoms with van der Waals surface area (Å²) >= 11 is 0. The van der Waals surface area contributed by atoms with Gasteiger partial charge in [0.05, 0.1) is 0 Å². The maximum atomic E-state index is 9.95. The standard InChI is InChI=1S/C13H9O.2C10H15.2C4H8O.Sm/c14-13-11-7-3-1-5-9(11)10-6-2-4-8-12(10)13;2*1-6-7(2)9(4)10(5)8(6)3;2*1-2-4-5-3-1;/h1-8,14H;2*1-5H3;2*1-4H2;. The number of benzene rings is 2. The van der Waals surface area contributed by atoms with Crippen molar-refractivity contribution < 1.29 is 55.0 Å². The van der Waals surface area contributed by atoms with Gasteiger partial charge in [0.2, 0.25) is 0 Å². The van der Waals surface area contributed by atoms with Gasteiger partial charge in [-0.05, 0) is 107 Å². The Balaban J connectivity index is 0.000000205. The molecule has 0 spiro atoms. The van der Waals surface area contributed by atoms with E-state index in [-0.39, 0.29) is 40.4 Å². The second-order valence-electron chi connectivity index (χ2n) is 12.3. The summed E-state index contributed by atoms with van der Waals surface area (Å²) in [6.07, 6.45) is 5.51. The summed E-state index contributed by atoms with van der Waals surface area (Å²) in [5.41, 5.74) is 4.13. The van der Waals surface area contributed by atoms with E-state index >= 15 is 0 Å². The van der Waals surface area contributed by atoms with Crippen LogP contribution in [0, 0.1) is 106 Å². The number of hydrogen-bond donors (Lipinski definition) is 1. The van der Waals surface area contributed by atoms with E-state index in [1.165, 1.54) is 84.9 Å². The Morgan fingerprint density at radius 3 is 0.756 bits per heavy atom. The van der Waals surface area contributed by atoms with Crippen LogP contribution in [0.1, 0.15) is 106 Å². The summed E-state index contributed by atoms with van der Waals surface area (Å²) in [4.78, 5) is 0. The van der Waals surface area contributed by atoms with Crippen molar-refractivity contribution in [1.82, 2.24) is 0 Å². The zero-order valence-corrected chi connectivity index (χ0v) is 32.1. The molecule has 0 amide bonds. The van der Waals surface area contributed by atoms with Crippen molar-refractivity contribution >= 4 is 0 Å². The molecule has 2 heterocycles. The number of ether oxygens (including phenoxy) is 2. The first-order valence-corrected chi connectivity index (χ1v) is 16.3. The SMILES string of the molecule is C1CCOC1.C1CCOC1.C[C]1[C](C)[C](C)[C](C)[C]1C.C[C]1[C](C)[C](C)[C](C)[C]1C.O[C]1c2ccccc2-c2ccccc21.[Sm]. The van der Waals surface area contributed by atoms with Crippen LogP contribution < -0.4 is 0 Å². The summed E-state index contributed by atoms with van der Waals surface area (Å²) in [6.45, 7) is 26.0. The van der Waals surface area contributed by atoms with Crippen molar-refractivity contribution in [2.45, 2.75) is 94.9 Å². The average molecular weight is 746 g/mol. The van der Waals surface area contributed by atoms with Crippen LogP contribution in [0.15, 0.2) is 48.5 Å². The Morgan fingerprint density at radius 2 is 0.578 bits per heavy atom. The fourth-order valence-corrected chi connectivity index (χ4v) is 5.83. The topological polar surface area (TPSA) is 38.7 Å². The molecule has 45 heavy (non-hydrogen) atoms. The van der Waals surface area contributed by atoms with Crippen LogP contribution in [-0.2, 0) is 9.47 Å². The number of hydrogen-bond acceptors (Lipinski definition) is 3. The Labute approximate surface area is 310 Å². The number of aliphatic hydroxyl groups excluding tert-OH is 1. The summed E-state index contributed by atoms with van der Waals surface area (Å²) in [6, 6.07) is 15.9. The smallest absolute Gasteiger partial charge is 0.153 e. The van der Waals surface area contributed by atoms with Crippen LogP contribution in [0.3, 0.4) is 0 Å². The first kappa shape index (κ1) is 40.8. The minimum absolute atomic E-state index is 0. The number of fused-ring (bicyclic) bond motifs is 3. The van der Waals surface area contributed by atoms with Crippen LogP contribution in [0.25, 0.3) is 11.1 Å². The Bertz CT molecular complexity index is 905. The van der Waals surface area contributed by atoms with Crippen molar-refractivity contribution in [1.29, 1.82) is 0 Å². The summed E-state index contributed by atoms with van der Waals surface area (Å²) in [5, 5.41) is 9.95. The molecule has 7 rings (SSSR count). The van der Waals surface area contributed by atoms with Gasteiger partial charge in [-0.1, -0.05) is 118 Å². The zero-order valence-electron chi connectivity index (χ0n) is 29.4. The number of aliphatic hydroxyl groups is 1. The molecule has 0 aromatic heterocycles. The molecule has 0 atom stereocenters. The van der Waals surface area contributed by atoms with Gasteiger partial charge in [0, 0.05) is 66.8 Å². The van der Waals surface area contributed by atoms with E-state index < -0.39 is 0 Å². The van der Waals surface area contributed by atoms with Crippen molar-refractivity contribution in [3.05, 3.63) is 125 Å². The predicted molar refractivity (Wildman–Crippen MR) is 185 cm³/mol. The molecule has 0 bridgehead atoms. The third kappa shape index (κ3) is 10.8. The van der Waals surface area contributed by atoms with Crippen LogP contribution in [-0.4, -0.2) is 31.5 Å². The van der Waals surface area contributed by atoms with E-state index in [1.54, 1.807) is 0 Å². The van der Waals surface area contributed by atoms with Crippen LogP contribution in [0.4, 0.5) is 0 Å². The van der Waals surface area contributed by atoms with Crippen LogP contribution in [0.5, 0.6) is 0 Å². The van der Waals surface area contributed by atoms with Gasteiger partial charge in [-0.25, -0.2) is 0 Å². The average Bonchev–Trinajstić information content (AvgIpc) is 3.91. The minimum Gasteiger partial charge on any atom is -0.381 e. The maximum Gasteiger partial charge on any atom is 0.153 e. The fraction of sp³-hybridized carbons (Fsp3) is 0.439. The molecule has 11 radical (unpaired) electrons. The molecule has 5 aliphatic rings. The molecule has 4 heteroatoms. The first-order valence-electron chi connectivity index (χ1n) is 16.3. The molecule has 3 nitrogen and oxygen atoms in total. The van der Waals surface area contributed by atoms with E-state index in [9.17, 15) is 5.11 Å². The summed E-state index contributed by atoms with van der Waals surface area (Å²) < 4.78 is 9.89. The largest absolute Gasteiger partial charge is 0.381 e. The van der Waals surface area contributed by atoms with Crippen molar-refractivity contribution in [2.75, 3.05) is 26.4 Å². The molecule has 3 aliphatic carbocycles. The molecular formula is C41H55O3Sm. The van der Waals surface area contributed by atoms with E-state index in [2.05, 4.69) is 69.2 Å². The third-order valence-corrected chi connectivity index (χ3v) is 9.93. The van der Waals surface area contributed by atoms with E-state index in [0.717, 1.165) is 48.7 Å². The quantitative estimate of drug-likeness (QED) is 0.292. The van der Waals surface area contributed by atoms with Crippen molar-refractivity contribution in [3.8, 4) is 11.1 Å². The first-order chi connectivity index (χ1) is 21.0. The van der Waals surface area contributed by atoms with Crippen LogP contribution >= 0.6 is 0 Å². The Hall–Kier alpha value is -0.342. The fourth-order valence-electron chi connectivity index (χ4n) is 5.83. The monoisotopic (exact) mass is 747 g/mol. The summed E-state index contributed by atoms with van der Waals surface area (Å²) in [7, 11) is 0. The van der Waals surface area contributed by atoms with Crippen molar-refractivity contribution in [2.24, 2.45) is 0 Å². The summed E-state index contributed by atoms with van der Waals surface area (Å²) in [5.74, 6) is 14.7. The molecule has 2 aromatic rings. The van der Waals surface area contributed by atoms with Gasteiger partial charge in [0.25, 0.3) is 0 Å². The molecular weight excluding hydrogens is 691 g/mol. The molecule has 2 saturated carbocycles. The second-order valence-corrected chi connectivity index (χ2v) is 12.3. The van der Waals surface area contributed by atoms with Gasteiger partial charge < -0.3 is 14.6 Å². The third-order valence-electron chi connectivity index (χ3n) is 9.93. The Morgan fingerprint density at radius 1 is 0.378 bits per heavy atom. The van der Waals surface area contributed by atoms with Gasteiger partial charge in [0.1, 0.15) is 0 Å². The maximum absolute atomic E-state index is 9.95. The van der Waals surface area contributed by atoms with Gasteiger partial charge in [-0.2, -0.15) is 0 Å². The molecule has 243 valence electrons.